The minimum Gasteiger partial charge on any atom is -0.447 e. The van der Waals surface area contributed by atoms with Gasteiger partial charge < -0.3 is 10.1 Å². The van der Waals surface area contributed by atoms with Crippen LogP contribution in [0.5, 0.6) is 0 Å². The summed E-state index contributed by atoms with van der Waals surface area (Å²) in [5.41, 5.74) is 4.00. The van der Waals surface area contributed by atoms with Crippen LogP contribution in [-0.4, -0.2) is 25.0 Å². The van der Waals surface area contributed by atoms with Crippen LogP contribution in [0, 0.1) is 0 Å². The molecular weight excluding hydrogens is 356 g/mol. The Hall–Kier alpha value is -3.15. The van der Waals surface area contributed by atoms with Crippen molar-refractivity contribution in [2.24, 2.45) is 0 Å². The lowest BCUT2D eigenvalue weighted by molar-refractivity contribution is -0.155. The fraction of sp³-hybridized carbons (Fsp3) is 0.318. The van der Waals surface area contributed by atoms with Gasteiger partial charge in [-0.1, -0.05) is 48.5 Å². The molecule has 2 aromatic carbocycles. The van der Waals surface area contributed by atoms with Crippen LogP contribution in [0.1, 0.15) is 41.2 Å². The van der Waals surface area contributed by atoms with E-state index >= 15 is 0 Å². The Morgan fingerprint density at radius 3 is 2.43 bits per heavy atom. The Labute approximate surface area is 164 Å². The summed E-state index contributed by atoms with van der Waals surface area (Å²) in [6.07, 6.45) is 3.35. The number of aryl methyl sites for hydroxylation is 2. The largest absolute Gasteiger partial charge is 0.447 e. The van der Waals surface area contributed by atoms with Gasteiger partial charge >= 0.3 is 12.0 Å². The number of imide groups is 1. The van der Waals surface area contributed by atoms with E-state index in [-0.39, 0.29) is 6.42 Å². The van der Waals surface area contributed by atoms with Gasteiger partial charge in [-0.25, -0.2) is 4.79 Å². The number of nitrogens with one attached hydrogen (secondary N) is 2. The zero-order chi connectivity index (χ0) is 19.9. The van der Waals surface area contributed by atoms with Gasteiger partial charge in [0.1, 0.15) is 0 Å². The van der Waals surface area contributed by atoms with Gasteiger partial charge in [-0.2, -0.15) is 0 Å². The zero-order valence-electron chi connectivity index (χ0n) is 15.9. The average Bonchev–Trinajstić information content (AvgIpc) is 2.72. The van der Waals surface area contributed by atoms with Crippen LogP contribution in [-0.2, 0) is 33.6 Å². The molecule has 0 aliphatic heterocycles. The predicted octanol–water partition coefficient (Wildman–Crippen LogP) is 2.85. The van der Waals surface area contributed by atoms with Gasteiger partial charge in [0, 0.05) is 12.6 Å². The molecule has 0 unspecified atom stereocenters. The number of esters is 1. The summed E-state index contributed by atoms with van der Waals surface area (Å²) in [6, 6.07) is 14.1. The standard InChI is InChI=1S/C22H24N2O4/c1-23-22(27)24-21(26)20(17-8-3-2-4-9-17)28-19(25)14-15-11-12-16-7-5-6-10-18(16)13-15/h2-4,8-9,11-13,20H,5-7,10,14H2,1H3,(H2,23,24,26,27)/t20-/m0/s1. The number of amides is 3. The SMILES string of the molecule is CNC(=O)NC(=O)[C@@H](OC(=O)Cc1ccc2c(c1)CCCC2)c1ccccc1. The first-order valence-electron chi connectivity index (χ1n) is 9.44. The zero-order valence-corrected chi connectivity index (χ0v) is 15.9. The molecule has 1 atom stereocenters. The summed E-state index contributed by atoms with van der Waals surface area (Å²) < 4.78 is 5.46. The molecule has 0 radical (unpaired) electrons. The van der Waals surface area contributed by atoms with Crippen LogP contribution in [0.4, 0.5) is 4.79 Å². The topological polar surface area (TPSA) is 84.5 Å². The first-order valence-corrected chi connectivity index (χ1v) is 9.44. The van der Waals surface area contributed by atoms with E-state index in [1.165, 1.54) is 24.6 Å². The molecule has 0 heterocycles. The highest BCUT2D eigenvalue weighted by atomic mass is 16.5. The Morgan fingerprint density at radius 2 is 1.71 bits per heavy atom. The highest BCUT2D eigenvalue weighted by Gasteiger charge is 2.26. The van der Waals surface area contributed by atoms with Crippen LogP contribution in [0.15, 0.2) is 48.5 Å². The van der Waals surface area contributed by atoms with Crippen molar-refractivity contribution in [3.05, 3.63) is 70.8 Å². The lowest BCUT2D eigenvalue weighted by Gasteiger charge is -2.19. The molecule has 28 heavy (non-hydrogen) atoms. The molecule has 0 saturated carbocycles. The normalized spacial score (nSPS) is 13.8. The van der Waals surface area contributed by atoms with Crippen molar-refractivity contribution in [3.8, 4) is 0 Å². The van der Waals surface area contributed by atoms with Crippen LogP contribution < -0.4 is 10.6 Å². The molecule has 6 heteroatoms. The minimum absolute atomic E-state index is 0.0733. The van der Waals surface area contributed by atoms with Crippen molar-refractivity contribution in [1.29, 1.82) is 0 Å². The molecule has 3 rings (SSSR count). The lowest BCUT2D eigenvalue weighted by atomic mass is 9.90. The summed E-state index contributed by atoms with van der Waals surface area (Å²) in [5, 5.41) is 4.49. The number of ether oxygens (including phenoxy) is 1. The smallest absolute Gasteiger partial charge is 0.321 e. The van der Waals surface area contributed by atoms with E-state index < -0.39 is 24.0 Å². The molecule has 0 aromatic heterocycles. The number of carbonyl (C=O) groups is 3. The van der Waals surface area contributed by atoms with E-state index in [4.69, 9.17) is 4.74 Å². The van der Waals surface area contributed by atoms with E-state index in [9.17, 15) is 14.4 Å². The maximum Gasteiger partial charge on any atom is 0.321 e. The lowest BCUT2D eigenvalue weighted by Crippen LogP contribution is -2.41. The van der Waals surface area contributed by atoms with E-state index in [2.05, 4.69) is 22.8 Å². The van der Waals surface area contributed by atoms with Gasteiger partial charge in [-0.3, -0.25) is 14.9 Å². The van der Waals surface area contributed by atoms with E-state index in [0.29, 0.717) is 5.56 Å². The molecule has 2 N–H and O–H groups in total. The van der Waals surface area contributed by atoms with Crippen LogP contribution >= 0.6 is 0 Å². The molecule has 0 spiro atoms. The Balaban J connectivity index is 1.72. The van der Waals surface area contributed by atoms with Crippen molar-refractivity contribution in [3.63, 3.8) is 0 Å². The van der Waals surface area contributed by atoms with Gasteiger partial charge in [0.25, 0.3) is 5.91 Å². The number of hydrogen-bond donors (Lipinski definition) is 2. The van der Waals surface area contributed by atoms with Gasteiger partial charge in [-0.15, -0.1) is 0 Å². The number of hydrogen-bond acceptors (Lipinski definition) is 4. The van der Waals surface area contributed by atoms with E-state index in [0.717, 1.165) is 24.8 Å². The number of rotatable bonds is 5. The third-order valence-electron chi connectivity index (χ3n) is 4.81. The first kappa shape index (κ1) is 19.6. The van der Waals surface area contributed by atoms with Crippen molar-refractivity contribution in [2.75, 3.05) is 7.05 Å². The predicted molar refractivity (Wildman–Crippen MR) is 105 cm³/mol. The number of urea groups is 1. The number of benzene rings is 2. The summed E-state index contributed by atoms with van der Waals surface area (Å²) in [7, 11) is 1.40. The molecule has 6 nitrogen and oxygen atoms in total. The van der Waals surface area contributed by atoms with Gasteiger partial charge in [0.05, 0.1) is 6.42 Å². The molecular formula is C22H24N2O4. The average molecular weight is 380 g/mol. The second-order valence-corrected chi connectivity index (χ2v) is 6.84. The monoisotopic (exact) mass is 380 g/mol. The molecule has 3 amide bonds. The Bertz CT molecular complexity index is 864. The van der Waals surface area contributed by atoms with E-state index in [1.54, 1.807) is 30.3 Å². The fourth-order valence-electron chi connectivity index (χ4n) is 3.38. The molecule has 1 aliphatic rings. The quantitative estimate of drug-likeness (QED) is 0.781. The highest BCUT2D eigenvalue weighted by molar-refractivity contribution is 5.97. The molecule has 1 aliphatic carbocycles. The molecule has 0 saturated heterocycles. The summed E-state index contributed by atoms with van der Waals surface area (Å²) in [4.78, 5) is 36.5. The fourth-order valence-corrected chi connectivity index (χ4v) is 3.38. The van der Waals surface area contributed by atoms with Gasteiger partial charge in [-0.05, 0) is 42.4 Å². The second kappa shape index (κ2) is 9.17. The van der Waals surface area contributed by atoms with Crippen LogP contribution in [0.2, 0.25) is 0 Å². The minimum atomic E-state index is -1.19. The van der Waals surface area contributed by atoms with E-state index in [1.807, 2.05) is 6.07 Å². The second-order valence-electron chi connectivity index (χ2n) is 6.84. The van der Waals surface area contributed by atoms with Crippen LogP contribution in [0.3, 0.4) is 0 Å². The first-order chi connectivity index (χ1) is 13.6. The third-order valence-corrected chi connectivity index (χ3v) is 4.81. The molecule has 0 bridgehead atoms. The van der Waals surface area contributed by atoms with Crippen LogP contribution in [0.25, 0.3) is 0 Å². The summed E-state index contributed by atoms with van der Waals surface area (Å²) in [6.45, 7) is 0. The maximum atomic E-state index is 12.5. The summed E-state index contributed by atoms with van der Waals surface area (Å²) >= 11 is 0. The highest BCUT2D eigenvalue weighted by Crippen LogP contribution is 2.23. The maximum absolute atomic E-state index is 12.5. The van der Waals surface area contributed by atoms with Crippen molar-refractivity contribution >= 4 is 17.9 Å². The Morgan fingerprint density at radius 1 is 1.00 bits per heavy atom. The van der Waals surface area contributed by atoms with Crippen molar-refractivity contribution in [1.82, 2.24) is 10.6 Å². The summed E-state index contributed by atoms with van der Waals surface area (Å²) in [5.74, 6) is -1.21. The number of fused-ring (bicyclic) bond motifs is 1. The van der Waals surface area contributed by atoms with Crippen molar-refractivity contribution in [2.45, 2.75) is 38.2 Å². The van der Waals surface area contributed by atoms with Gasteiger partial charge in [0.2, 0.25) is 6.10 Å². The molecule has 0 fully saturated rings. The molecule has 146 valence electrons. The van der Waals surface area contributed by atoms with Gasteiger partial charge in [0.15, 0.2) is 0 Å². The molecule has 2 aromatic rings. The Kier molecular flexibility index (Phi) is 6.42. The third kappa shape index (κ3) is 4.97. The van der Waals surface area contributed by atoms with Crippen molar-refractivity contribution < 1.29 is 19.1 Å². The number of carbonyl (C=O) groups excluding carboxylic acids is 3.